The van der Waals surface area contributed by atoms with Crippen molar-refractivity contribution in [1.29, 1.82) is 0 Å². The first kappa shape index (κ1) is 36.7. The molecule has 0 atom stereocenters. The van der Waals surface area contributed by atoms with Gasteiger partial charge in [-0.2, -0.15) is 0 Å². The van der Waals surface area contributed by atoms with Crippen LogP contribution in [0.4, 0.5) is 11.4 Å². The van der Waals surface area contributed by atoms with E-state index < -0.39 is 5.97 Å². The summed E-state index contributed by atoms with van der Waals surface area (Å²) >= 11 is 0. The van der Waals surface area contributed by atoms with Crippen LogP contribution >= 0.6 is 0 Å². The molecule has 3 heterocycles. The average molecular weight is 731 g/mol. The smallest absolute Gasteiger partial charge is 0.339 e. The van der Waals surface area contributed by atoms with Gasteiger partial charge in [-0.3, -0.25) is 14.8 Å². The lowest BCUT2D eigenvalue weighted by Crippen LogP contribution is -2.29. The van der Waals surface area contributed by atoms with Crippen molar-refractivity contribution in [3.63, 3.8) is 0 Å². The van der Waals surface area contributed by atoms with Gasteiger partial charge in [0.1, 0.15) is 31.0 Å². The zero-order chi connectivity index (χ0) is 38.3. The van der Waals surface area contributed by atoms with Crippen LogP contribution in [0, 0.1) is 0 Å². The molecule has 0 unspecified atom stereocenters. The normalized spacial score (nSPS) is 11.1. The van der Waals surface area contributed by atoms with E-state index in [9.17, 15) is 9.59 Å². The van der Waals surface area contributed by atoms with Crippen molar-refractivity contribution in [1.82, 2.24) is 14.5 Å². The summed E-state index contributed by atoms with van der Waals surface area (Å²) in [5.74, 6) is 0.0343. The number of benzene rings is 4. The number of nitrogens with one attached hydrogen (secondary N) is 1. The van der Waals surface area contributed by atoms with Gasteiger partial charge in [0.05, 0.1) is 23.0 Å². The molecule has 0 saturated carbocycles. The van der Waals surface area contributed by atoms with Crippen LogP contribution < -0.4 is 20.1 Å². The summed E-state index contributed by atoms with van der Waals surface area (Å²) in [5.41, 5.74) is 8.08. The summed E-state index contributed by atoms with van der Waals surface area (Å²) in [6, 6.07) is 36.3. The SMILES string of the molecule is CCN(CC)c1ccc2c(-c3ccccc3C(=O)OCc3ccc(C(=O)Nc4ccnc(-c5ccccn5)c4)cc3)c3ccc(=[N+](CC)CC)cc-3oc2c1. The standard InChI is InChI=1S/C46H43N5O4/c1-5-50(6-2)34-20-22-38-42(28-34)55-43-29-35(51(7-3)8-4)21-23-39(43)44(38)36-13-9-10-14-37(36)46(53)54-30-31-16-18-32(19-17-31)45(52)49-33-24-26-48-41(27-33)40-15-11-12-25-47-40/h9-29H,5-8,30H2,1-4H3/p+1. The van der Waals surface area contributed by atoms with Gasteiger partial charge in [-0.1, -0.05) is 36.4 Å². The number of aromatic nitrogens is 2. The highest BCUT2D eigenvalue weighted by atomic mass is 16.5. The van der Waals surface area contributed by atoms with E-state index in [1.54, 1.807) is 54.9 Å². The number of anilines is 2. The van der Waals surface area contributed by atoms with E-state index in [4.69, 9.17) is 9.15 Å². The van der Waals surface area contributed by atoms with Crippen LogP contribution in [-0.4, -0.2) is 48.0 Å². The van der Waals surface area contributed by atoms with Crippen LogP contribution in [0.2, 0.25) is 0 Å². The molecule has 0 fully saturated rings. The Morgan fingerprint density at radius 3 is 2.25 bits per heavy atom. The maximum absolute atomic E-state index is 13.9. The van der Waals surface area contributed by atoms with Gasteiger partial charge in [-0.25, -0.2) is 9.37 Å². The molecule has 7 rings (SSSR count). The van der Waals surface area contributed by atoms with E-state index in [-0.39, 0.29) is 12.5 Å². The molecule has 9 nitrogen and oxygen atoms in total. The minimum absolute atomic E-state index is 0.0406. The van der Waals surface area contributed by atoms with E-state index in [0.717, 1.165) is 81.9 Å². The van der Waals surface area contributed by atoms with Crippen molar-refractivity contribution < 1.29 is 18.7 Å². The maximum Gasteiger partial charge on any atom is 0.339 e. The fourth-order valence-electron chi connectivity index (χ4n) is 6.95. The van der Waals surface area contributed by atoms with Crippen LogP contribution in [0.3, 0.4) is 0 Å². The largest absolute Gasteiger partial charge is 0.457 e. The van der Waals surface area contributed by atoms with Gasteiger partial charge in [0.2, 0.25) is 5.36 Å². The second-order valence-corrected chi connectivity index (χ2v) is 13.1. The van der Waals surface area contributed by atoms with Gasteiger partial charge in [-0.05, 0) is 99.5 Å². The number of pyridine rings is 2. The number of amides is 1. The molecule has 3 aromatic carbocycles. The summed E-state index contributed by atoms with van der Waals surface area (Å²) in [6.07, 6.45) is 3.34. The zero-order valence-electron chi connectivity index (χ0n) is 31.6. The molecular formula is C46H44N5O4+. The van der Waals surface area contributed by atoms with Crippen LogP contribution in [0.1, 0.15) is 54.0 Å². The Morgan fingerprint density at radius 2 is 1.51 bits per heavy atom. The monoisotopic (exact) mass is 730 g/mol. The van der Waals surface area contributed by atoms with E-state index >= 15 is 0 Å². The first-order chi connectivity index (χ1) is 26.9. The van der Waals surface area contributed by atoms with Gasteiger partial charge in [0, 0.05) is 71.1 Å². The molecule has 276 valence electrons. The van der Waals surface area contributed by atoms with Crippen LogP contribution in [0.25, 0.3) is 44.8 Å². The maximum atomic E-state index is 13.9. The lowest BCUT2D eigenvalue weighted by atomic mass is 9.90. The van der Waals surface area contributed by atoms with Crippen molar-refractivity contribution >= 4 is 34.2 Å². The number of carbonyl (C=O) groups excluding carboxylic acids is 2. The predicted molar refractivity (Wildman–Crippen MR) is 219 cm³/mol. The lowest BCUT2D eigenvalue weighted by molar-refractivity contribution is 0.0473. The summed E-state index contributed by atoms with van der Waals surface area (Å²) in [4.78, 5) is 38.0. The highest BCUT2D eigenvalue weighted by Crippen LogP contribution is 2.42. The number of hydrogen-bond acceptors (Lipinski definition) is 7. The molecule has 0 radical (unpaired) electrons. The van der Waals surface area contributed by atoms with E-state index in [2.05, 4.69) is 88.9 Å². The van der Waals surface area contributed by atoms with E-state index in [0.29, 0.717) is 22.5 Å². The summed E-state index contributed by atoms with van der Waals surface area (Å²) in [7, 11) is 0. The number of rotatable bonds is 12. The Bertz CT molecular complexity index is 2500. The highest BCUT2D eigenvalue weighted by Gasteiger charge is 2.23. The Kier molecular flexibility index (Phi) is 11.1. The van der Waals surface area contributed by atoms with Crippen molar-refractivity contribution in [2.75, 3.05) is 36.4 Å². The van der Waals surface area contributed by atoms with Gasteiger partial charge in [-0.15, -0.1) is 0 Å². The van der Waals surface area contributed by atoms with Crippen LogP contribution in [0.15, 0.2) is 132 Å². The molecule has 1 aliphatic heterocycles. The molecule has 0 saturated heterocycles. The van der Waals surface area contributed by atoms with E-state index in [1.807, 2.05) is 36.4 Å². The number of ether oxygens (including phenoxy) is 1. The molecule has 1 aliphatic carbocycles. The second kappa shape index (κ2) is 16.6. The minimum Gasteiger partial charge on any atom is -0.457 e. The number of esters is 1. The summed E-state index contributed by atoms with van der Waals surface area (Å²) in [6.45, 7) is 12.1. The van der Waals surface area contributed by atoms with Gasteiger partial charge < -0.3 is 19.4 Å². The first-order valence-electron chi connectivity index (χ1n) is 18.8. The van der Waals surface area contributed by atoms with Gasteiger partial charge >= 0.3 is 5.97 Å². The third-order valence-electron chi connectivity index (χ3n) is 9.89. The minimum atomic E-state index is -0.444. The Labute approximate surface area is 320 Å². The van der Waals surface area contributed by atoms with Crippen molar-refractivity contribution in [2.24, 2.45) is 0 Å². The van der Waals surface area contributed by atoms with Crippen LogP contribution in [0.5, 0.6) is 0 Å². The van der Waals surface area contributed by atoms with Crippen molar-refractivity contribution in [3.8, 4) is 33.8 Å². The molecule has 55 heavy (non-hydrogen) atoms. The number of nitrogens with zero attached hydrogens (tertiary/aromatic N) is 4. The Hall–Kier alpha value is -6.61. The fourth-order valence-corrected chi connectivity index (χ4v) is 6.95. The molecule has 2 aliphatic rings. The van der Waals surface area contributed by atoms with Crippen molar-refractivity contribution in [3.05, 3.63) is 150 Å². The average Bonchev–Trinajstić information content (AvgIpc) is 3.23. The van der Waals surface area contributed by atoms with Gasteiger partial charge in [0.25, 0.3) is 5.91 Å². The fraction of sp³-hybridized carbons (Fsp3) is 0.196. The molecular weight excluding hydrogens is 687 g/mol. The summed E-state index contributed by atoms with van der Waals surface area (Å²) < 4.78 is 14.9. The van der Waals surface area contributed by atoms with Crippen molar-refractivity contribution in [2.45, 2.75) is 34.3 Å². The molecule has 0 bridgehead atoms. The Balaban J connectivity index is 1.15. The molecule has 9 heteroatoms. The zero-order valence-corrected chi connectivity index (χ0v) is 31.6. The number of hydrogen-bond donors (Lipinski definition) is 1. The second-order valence-electron chi connectivity index (χ2n) is 13.1. The number of carbonyl (C=O) groups is 2. The topological polar surface area (TPSA) is 101 Å². The van der Waals surface area contributed by atoms with E-state index in [1.165, 1.54) is 0 Å². The quantitative estimate of drug-likeness (QED) is 0.0762. The third-order valence-corrected chi connectivity index (χ3v) is 9.89. The molecule has 5 aromatic rings. The van der Waals surface area contributed by atoms with Crippen LogP contribution in [-0.2, 0) is 11.3 Å². The molecule has 2 aromatic heterocycles. The molecule has 0 spiro atoms. The molecule has 1 N–H and O–H groups in total. The first-order valence-corrected chi connectivity index (χ1v) is 18.8. The molecule has 1 amide bonds. The summed E-state index contributed by atoms with van der Waals surface area (Å²) in [5, 5.41) is 4.92. The highest BCUT2D eigenvalue weighted by molar-refractivity contribution is 6.08. The van der Waals surface area contributed by atoms with Gasteiger partial charge in [0.15, 0.2) is 0 Å². The predicted octanol–water partition coefficient (Wildman–Crippen LogP) is 8.93. The Morgan fingerprint density at radius 1 is 0.745 bits per heavy atom. The third kappa shape index (κ3) is 7.87. The lowest BCUT2D eigenvalue weighted by Gasteiger charge is -2.22. The number of fused-ring (bicyclic) bond motifs is 2.